The number of hydrogen-bond acceptors (Lipinski definition) is 3. The Labute approximate surface area is 94.9 Å². The third-order valence-electron chi connectivity index (χ3n) is 2.04. The lowest BCUT2D eigenvalue weighted by molar-refractivity contribution is -0.115. The maximum atomic E-state index is 13.2. The van der Waals surface area contributed by atoms with Crippen LogP contribution in [0.3, 0.4) is 0 Å². The molecule has 88 valence electrons. The Hall–Kier alpha value is -2.31. The Bertz CT molecular complexity index is 527. The number of nitrogens with one attached hydrogen (secondary N) is 2. The third-order valence-corrected chi connectivity index (χ3v) is 2.04. The van der Waals surface area contributed by atoms with Crippen LogP contribution in [0.1, 0.15) is 5.56 Å². The Morgan fingerprint density at radius 2 is 2.24 bits per heavy atom. The number of halogens is 2. The number of nitrogens with zero attached hydrogens (tertiary/aromatic N) is 2. The lowest BCUT2D eigenvalue weighted by Gasteiger charge is -2.03. The van der Waals surface area contributed by atoms with E-state index in [2.05, 4.69) is 20.5 Å². The van der Waals surface area contributed by atoms with Gasteiger partial charge >= 0.3 is 0 Å². The molecular weight excluding hydrogens is 230 g/mol. The highest BCUT2D eigenvalue weighted by Crippen LogP contribution is 2.10. The van der Waals surface area contributed by atoms with Crippen molar-refractivity contribution in [1.82, 2.24) is 15.2 Å². The van der Waals surface area contributed by atoms with Crippen LogP contribution in [0.4, 0.5) is 14.7 Å². The monoisotopic (exact) mass is 238 g/mol. The fourth-order valence-electron chi connectivity index (χ4n) is 1.28. The zero-order valence-corrected chi connectivity index (χ0v) is 8.58. The predicted molar refractivity (Wildman–Crippen MR) is 55.1 cm³/mol. The molecule has 0 aliphatic heterocycles. The molecule has 0 aliphatic rings. The highest BCUT2D eigenvalue weighted by Gasteiger charge is 2.10. The summed E-state index contributed by atoms with van der Waals surface area (Å²) in [6.07, 6.45) is 1.03. The molecule has 5 nitrogen and oxygen atoms in total. The molecular formula is C10H8F2N4O. The number of hydrogen-bond donors (Lipinski definition) is 2. The summed E-state index contributed by atoms with van der Waals surface area (Å²) in [4.78, 5) is 15.1. The van der Waals surface area contributed by atoms with Crippen LogP contribution >= 0.6 is 0 Å². The number of aromatic nitrogens is 3. The Morgan fingerprint density at radius 1 is 1.41 bits per heavy atom. The van der Waals surface area contributed by atoms with E-state index >= 15 is 0 Å². The predicted octanol–water partition coefficient (Wildman–Crippen LogP) is 1.26. The molecule has 7 heteroatoms. The van der Waals surface area contributed by atoms with Crippen molar-refractivity contribution in [1.29, 1.82) is 0 Å². The van der Waals surface area contributed by atoms with Crippen molar-refractivity contribution in [3.63, 3.8) is 0 Å². The molecule has 1 heterocycles. The van der Waals surface area contributed by atoms with Crippen LogP contribution in [0.25, 0.3) is 0 Å². The van der Waals surface area contributed by atoms with Gasteiger partial charge in [0.25, 0.3) is 0 Å². The van der Waals surface area contributed by atoms with Gasteiger partial charge in [0.2, 0.25) is 11.9 Å². The molecule has 2 rings (SSSR count). The first-order valence-corrected chi connectivity index (χ1v) is 4.74. The largest absolute Gasteiger partial charge is 0.295 e. The van der Waals surface area contributed by atoms with Crippen molar-refractivity contribution in [3.05, 3.63) is 41.7 Å². The lowest BCUT2D eigenvalue weighted by atomic mass is 10.1. The number of amides is 1. The number of aromatic amines is 1. The molecule has 0 unspecified atom stereocenters. The van der Waals surface area contributed by atoms with Crippen LogP contribution in [0, 0.1) is 11.6 Å². The topological polar surface area (TPSA) is 70.7 Å². The first-order chi connectivity index (χ1) is 8.15. The minimum Gasteiger partial charge on any atom is -0.295 e. The average molecular weight is 238 g/mol. The van der Waals surface area contributed by atoms with E-state index in [1.54, 1.807) is 0 Å². The van der Waals surface area contributed by atoms with Crippen molar-refractivity contribution in [2.45, 2.75) is 6.42 Å². The maximum Gasteiger partial charge on any atom is 0.231 e. The fraction of sp³-hybridized carbons (Fsp3) is 0.100. The van der Waals surface area contributed by atoms with Crippen molar-refractivity contribution in [3.8, 4) is 0 Å². The molecule has 0 saturated heterocycles. The van der Waals surface area contributed by atoms with Gasteiger partial charge < -0.3 is 0 Å². The van der Waals surface area contributed by atoms with Crippen LogP contribution in [0.15, 0.2) is 24.5 Å². The van der Waals surface area contributed by atoms with Crippen molar-refractivity contribution in [2.24, 2.45) is 0 Å². The van der Waals surface area contributed by atoms with E-state index in [1.807, 2.05) is 0 Å². The van der Waals surface area contributed by atoms with Gasteiger partial charge in [0.1, 0.15) is 18.0 Å². The van der Waals surface area contributed by atoms with E-state index in [9.17, 15) is 13.6 Å². The number of H-pyrrole nitrogens is 1. The molecule has 0 aliphatic carbocycles. The smallest absolute Gasteiger partial charge is 0.231 e. The third kappa shape index (κ3) is 2.83. The fourth-order valence-corrected chi connectivity index (χ4v) is 1.28. The SMILES string of the molecule is O=C(Cc1ccc(F)cc1F)Nc1ncn[nH]1. The molecule has 0 radical (unpaired) electrons. The van der Waals surface area contributed by atoms with Gasteiger partial charge in [-0.3, -0.25) is 10.1 Å². The molecule has 17 heavy (non-hydrogen) atoms. The number of benzene rings is 1. The minimum atomic E-state index is -0.752. The summed E-state index contributed by atoms with van der Waals surface area (Å²) in [5.41, 5.74) is 0.114. The summed E-state index contributed by atoms with van der Waals surface area (Å²) >= 11 is 0. The summed E-state index contributed by atoms with van der Waals surface area (Å²) in [7, 11) is 0. The second-order valence-corrected chi connectivity index (χ2v) is 3.29. The normalized spacial score (nSPS) is 10.2. The Kier molecular flexibility index (Phi) is 3.08. The quantitative estimate of drug-likeness (QED) is 0.845. The Morgan fingerprint density at radius 3 is 2.88 bits per heavy atom. The maximum absolute atomic E-state index is 13.2. The molecule has 2 N–H and O–H groups in total. The molecule has 0 fully saturated rings. The van der Waals surface area contributed by atoms with Crippen molar-refractivity contribution in [2.75, 3.05) is 5.32 Å². The molecule has 1 amide bonds. The second-order valence-electron chi connectivity index (χ2n) is 3.29. The van der Waals surface area contributed by atoms with Gasteiger partial charge in [0.15, 0.2) is 0 Å². The second kappa shape index (κ2) is 4.69. The number of rotatable bonds is 3. The van der Waals surface area contributed by atoms with Gasteiger partial charge in [-0.15, -0.1) is 0 Å². The highest BCUT2D eigenvalue weighted by atomic mass is 19.1. The molecule has 0 atom stereocenters. The summed E-state index contributed by atoms with van der Waals surface area (Å²) in [5.74, 6) is -1.72. The van der Waals surface area contributed by atoms with Gasteiger partial charge in [-0.25, -0.2) is 13.9 Å². The summed E-state index contributed by atoms with van der Waals surface area (Å²) in [6.45, 7) is 0. The molecule has 0 spiro atoms. The van der Waals surface area contributed by atoms with Crippen LogP contribution in [-0.2, 0) is 11.2 Å². The summed E-state index contributed by atoms with van der Waals surface area (Å²) in [6, 6.07) is 3.06. The first-order valence-electron chi connectivity index (χ1n) is 4.74. The summed E-state index contributed by atoms with van der Waals surface area (Å²) < 4.78 is 25.9. The molecule has 0 saturated carbocycles. The van der Waals surface area contributed by atoms with Crippen molar-refractivity contribution < 1.29 is 13.6 Å². The van der Waals surface area contributed by atoms with E-state index in [0.717, 1.165) is 12.1 Å². The van der Waals surface area contributed by atoms with E-state index in [-0.39, 0.29) is 17.9 Å². The summed E-state index contributed by atoms with van der Waals surface area (Å²) in [5, 5.41) is 8.35. The van der Waals surface area contributed by atoms with Gasteiger partial charge in [-0.1, -0.05) is 6.07 Å². The number of carbonyl (C=O) groups is 1. The number of carbonyl (C=O) groups excluding carboxylic acids is 1. The molecule has 1 aromatic carbocycles. The van der Waals surface area contributed by atoms with Crippen LogP contribution < -0.4 is 5.32 Å². The van der Waals surface area contributed by atoms with E-state index in [0.29, 0.717) is 0 Å². The van der Waals surface area contributed by atoms with Crippen LogP contribution in [0.5, 0.6) is 0 Å². The molecule has 0 bridgehead atoms. The standard InChI is InChI=1S/C10H8F2N4O/c11-7-2-1-6(8(12)4-7)3-9(17)15-10-13-5-14-16-10/h1-2,4-5H,3H2,(H2,13,14,15,16,17). The molecule has 1 aromatic heterocycles. The van der Waals surface area contributed by atoms with E-state index in [1.165, 1.54) is 12.4 Å². The van der Waals surface area contributed by atoms with Crippen LogP contribution in [0.2, 0.25) is 0 Å². The van der Waals surface area contributed by atoms with Gasteiger partial charge in [0, 0.05) is 6.07 Å². The lowest BCUT2D eigenvalue weighted by Crippen LogP contribution is -2.16. The van der Waals surface area contributed by atoms with Gasteiger partial charge in [0.05, 0.1) is 6.42 Å². The van der Waals surface area contributed by atoms with Crippen molar-refractivity contribution >= 4 is 11.9 Å². The van der Waals surface area contributed by atoms with E-state index in [4.69, 9.17) is 0 Å². The minimum absolute atomic E-state index is 0.114. The van der Waals surface area contributed by atoms with Gasteiger partial charge in [-0.05, 0) is 11.6 Å². The first kappa shape index (κ1) is 11.2. The zero-order chi connectivity index (χ0) is 12.3. The average Bonchev–Trinajstić information content (AvgIpc) is 2.75. The Balaban J connectivity index is 2.03. The number of anilines is 1. The van der Waals surface area contributed by atoms with Gasteiger partial charge in [-0.2, -0.15) is 10.1 Å². The molecule has 2 aromatic rings. The highest BCUT2D eigenvalue weighted by molar-refractivity contribution is 5.90. The zero-order valence-electron chi connectivity index (χ0n) is 8.58. The van der Waals surface area contributed by atoms with Crippen LogP contribution in [-0.4, -0.2) is 21.1 Å². The van der Waals surface area contributed by atoms with E-state index < -0.39 is 17.5 Å².